The SMILES string of the molecule is C=CCNC(S)NCCOC(=O)NCCOC(=O)C(=C)C. The molecule has 0 aliphatic rings. The van der Waals surface area contributed by atoms with E-state index in [9.17, 15) is 9.59 Å². The van der Waals surface area contributed by atoms with Crippen LogP contribution in [0.3, 0.4) is 0 Å². The summed E-state index contributed by atoms with van der Waals surface area (Å²) < 4.78 is 9.70. The van der Waals surface area contributed by atoms with Gasteiger partial charge in [-0.05, 0) is 6.92 Å². The number of amides is 1. The molecule has 0 aromatic heterocycles. The second-order valence-corrected chi connectivity index (χ2v) is 4.55. The van der Waals surface area contributed by atoms with E-state index >= 15 is 0 Å². The van der Waals surface area contributed by atoms with Crippen molar-refractivity contribution < 1.29 is 19.1 Å². The molecule has 0 aromatic rings. The Hall–Kier alpha value is -1.51. The molecule has 0 fully saturated rings. The van der Waals surface area contributed by atoms with Gasteiger partial charge in [-0.25, -0.2) is 9.59 Å². The Morgan fingerprint density at radius 2 is 1.90 bits per heavy atom. The summed E-state index contributed by atoms with van der Waals surface area (Å²) >= 11 is 4.21. The van der Waals surface area contributed by atoms with Crippen LogP contribution < -0.4 is 16.0 Å². The molecule has 0 rings (SSSR count). The molecule has 0 saturated carbocycles. The van der Waals surface area contributed by atoms with Crippen molar-refractivity contribution in [3.63, 3.8) is 0 Å². The minimum absolute atomic E-state index is 0.0726. The van der Waals surface area contributed by atoms with E-state index in [0.29, 0.717) is 18.7 Å². The van der Waals surface area contributed by atoms with E-state index in [2.05, 4.69) is 41.7 Å². The van der Waals surface area contributed by atoms with E-state index < -0.39 is 12.1 Å². The second-order valence-electron chi connectivity index (χ2n) is 4.03. The number of thiol groups is 1. The molecule has 1 atom stereocenters. The van der Waals surface area contributed by atoms with Gasteiger partial charge in [-0.3, -0.25) is 10.6 Å². The first-order valence-electron chi connectivity index (χ1n) is 6.46. The zero-order valence-corrected chi connectivity index (χ0v) is 13.1. The third-order valence-corrected chi connectivity index (χ3v) is 2.45. The molecule has 8 heteroatoms. The van der Waals surface area contributed by atoms with Crippen LogP contribution in [0.25, 0.3) is 0 Å². The molecule has 0 spiro atoms. The van der Waals surface area contributed by atoms with Gasteiger partial charge in [0.15, 0.2) is 0 Å². The Labute approximate surface area is 130 Å². The van der Waals surface area contributed by atoms with Gasteiger partial charge in [0.2, 0.25) is 0 Å². The van der Waals surface area contributed by atoms with Gasteiger partial charge in [-0.15, -0.1) is 19.2 Å². The normalized spacial score (nSPS) is 11.3. The van der Waals surface area contributed by atoms with Gasteiger partial charge >= 0.3 is 12.1 Å². The van der Waals surface area contributed by atoms with Gasteiger partial charge in [0.1, 0.15) is 18.7 Å². The smallest absolute Gasteiger partial charge is 0.407 e. The maximum Gasteiger partial charge on any atom is 0.407 e. The van der Waals surface area contributed by atoms with Gasteiger partial charge in [0.25, 0.3) is 0 Å². The number of carbonyl (C=O) groups is 2. The minimum Gasteiger partial charge on any atom is -0.460 e. The van der Waals surface area contributed by atoms with Crippen molar-refractivity contribution in [2.75, 3.05) is 32.8 Å². The fourth-order valence-corrected chi connectivity index (χ4v) is 1.31. The lowest BCUT2D eigenvalue weighted by atomic mass is 10.4. The van der Waals surface area contributed by atoms with Crippen LogP contribution in [0.1, 0.15) is 6.92 Å². The van der Waals surface area contributed by atoms with Crippen molar-refractivity contribution in [3.05, 3.63) is 24.8 Å². The molecular weight excluding hydrogens is 294 g/mol. The molecule has 0 aliphatic heterocycles. The molecule has 0 heterocycles. The molecule has 1 amide bonds. The first-order chi connectivity index (χ1) is 9.97. The lowest BCUT2D eigenvalue weighted by molar-refractivity contribution is -0.138. The summed E-state index contributed by atoms with van der Waals surface area (Å²) in [5.74, 6) is -0.485. The highest BCUT2D eigenvalue weighted by Gasteiger charge is 2.05. The fourth-order valence-electron chi connectivity index (χ4n) is 1.08. The van der Waals surface area contributed by atoms with Gasteiger partial charge < -0.3 is 14.8 Å². The number of ether oxygens (including phenoxy) is 2. The molecule has 0 aliphatic carbocycles. The summed E-state index contributed by atoms with van der Waals surface area (Å²) in [5.41, 5.74) is 0.117. The second kappa shape index (κ2) is 12.2. The van der Waals surface area contributed by atoms with Crippen LogP contribution in [-0.4, -0.2) is 50.4 Å². The maximum absolute atomic E-state index is 11.3. The molecule has 21 heavy (non-hydrogen) atoms. The Balaban J connectivity index is 3.48. The summed E-state index contributed by atoms with van der Waals surface area (Å²) in [6.45, 7) is 10.1. The number of alkyl carbamates (subject to hydrolysis) is 1. The minimum atomic E-state index is -0.571. The summed E-state index contributed by atoms with van der Waals surface area (Å²) in [6.07, 6.45) is 1.15. The molecule has 120 valence electrons. The average molecular weight is 317 g/mol. The van der Waals surface area contributed by atoms with Crippen molar-refractivity contribution in [1.29, 1.82) is 0 Å². The van der Waals surface area contributed by atoms with Gasteiger partial charge in [-0.1, -0.05) is 12.7 Å². The number of rotatable bonds is 11. The van der Waals surface area contributed by atoms with Crippen LogP contribution in [0.2, 0.25) is 0 Å². The summed E-state index contributed by atoms with van der Waals surface area (Å²) in [6, 6.07) is 0. The van der Waals surface area contributed by atoms with Crippen LogP contribution >= 0.6 is 12.6 Å². The van der Waals surface area contributed by atoms with E-state index in [1.54, 1.807) is 13.0 Å². The molecule has 0 bridgehead atoms. The standard InChI is InChI=1S/C13H23N3O4S/c1-4-5-14-12(21)15-6-9-20-13(18)16-7-8-19-11(17)10(2)3/h4,12,14-15,21H,1-2,5-9H2,3H3,(H,16,18). The van der Waals surface area contributed by atoms with Crippen LogP contribution in [-0.2, 0) is 14.3 Å². The van der Waals surface area contributed by atoms with Crippen molar-refractivity contribution >= 4 is 24.7 Å². The van der Waals surface area contributed by atoms with Gasteiger partial charge in [0, 0.05) is 18.7 Å². The van der Waals surface area contributed by atoms with Crippen molar-refractivity contribution in [3.8, 4) is 0 Å². The molecule has 0 radical (unpaired) electrons. The van der Waals surface area contributed by atoms with Crippen molar-refractivity contribution in [2.24, 2.45) is 0 Å². The quantitative estimate of drug-likeness (QED) is 0.110. The van der Waals surface area contributed by atoms with Crippen LogP contribution in [0, 0.1) is 0 Å². The van der Waals surface area contributed by atoms with E-state index in [1.165, 1.54) is 0 Å². The zero-order chi connectivity index (χ0) is 16.1. The topological polar surface area (TPSA) is 88.7 Å². The highest BCUT2D eigenvalue weighted by molar-refractivity contribution is 7.80. The average Bonchev–Trinajstić information content (AvgIpc) is 2.45. The van der Waals surface area contributed by atoms with E-state index in [4.69, 9.17) is 9.47 Å². The van der Waals surface area contributed by atoms with E-state index in [0.717, 1.165) is 0 Å². The number of hydrogen-bond donors (Lipinski definition) is 4. The highest BCUT2D eigenvalue weighted by Crippen LogP contribution is 1.90. The first kappa shape index (κ1) is 19.5. The van der Waals surface area contributed by atoms with Crippen molar-refractivity contribution in [2.45, 2.75) is 12.4 Å². The van der Waals surface area contributed by atoms with Crippen LogP contribution in [0.15, 0.2) is 24.8 Å². The molecule has 7 nitrogen and oxygen atoms in total. The van der Waals surface area contributed by atoms with Crippen molar-refractivity contribution in [1.82, 2.24) is 16.0 Å². The monoisotopic (exact) mass is 317 g/mol. The molecule has 0 saturated heterocycles. The third kappa shape index (κ3) is 12.0. The Morgan fingerprint density at radius 1 is 1.24 bits per heavy atom. The zero-order valence-electron chi connectivity index (χ0n) is 12.2. The van der Waals surface area contributed by atoms with E-state index in [1.807, 2.05) is 0 Å². The number of nitrogens with one attached hydrogen (secondary N) is 3. The molecule has 1 unspecified atom stereocenters. The third-order valence-electron chi connectivity index (χ3n) is 2.08. The molecule has 3 N–H and O–H groups in total. The Kier molecular flexibility index (Phi) is 11.4. The molecule has 0 aromatic carbocycles. The van der Waals surface area contributed by atoms with Crippen LogP contribution in [0.5, 0.6) is 0 Å². The summed E-state index contributed by atoms with van der Waals surface area (Å²) in [4.78, 5) is 22.3. The van der Waals surface area contributed by atoms with Crippen LogP contribution in [0.4, 0.5) is 4.79 Å². The predicted octanol–water partition coefficient (Wildman–Crippen LogP) is 0.411. The maximum atomic E-state index is 11.3. The van der Waals surface area contributed by atoms with Gasteiger partial charge in [-0.2, -0.15) is 0 Å². The van der Waals surface area contributed by atoms with Gasteiger partial charge in [0.05, 0.1) is 6.54 Å². The number of esters is 1. The molecular formula is C13H23N3O4S. The Bertz CT molecular complexity index is 363. The first-order valence-corrected chi connectivity index (χ1v) is 6.98. The number of carbonyl (C=O) groups excluding carboxylic acids is 2. The number of hydrogen-bond acceptors (Lipinski definition) is 7. The largest absolute Gasteiger partial charge is 0.460 e. The summed E-state index contributed by atoms with van der Waals surface area (Å²) in [7, 11) is 0. The summed E-state index contributed by atoms with van der Waals surface area (Å²) in [5, 5.41) is 8.45. The fraction of sp³-hybridized carbons (Fsp3) is 0.538. The lowest BCUT2D eigenvalue weighted by Crippen LogP contribution is -2.40. The van der Waals surface area contributed by atoms with E-state index in [-0.39, 0.29) is 25.3 Å². The lowest BCUT2D eigenvalue weighted by Gasteiger charge is -2.13. The predicted molar refractivity (Wildman–Crippen MR) is 84.1 cm³/mol. The highest BCUT2D eigenvalue weighted by atomic mass is 32.1. The Morgan fingerprint density at radius 3 is 2.52 bits per heavy atom.